The third-order valence-electron chi connectivity index (χ3n) is 3.35. The Bertz CT molecular complexity index is 552. The number of rotatable bonds is 6. The second kappa shape index (κ2) is 7.15. The van der Waals surface area contributed by atoms with Gasteiger partial charge in [-0.1, -0.05) is 49.4 Å². The molecule has 0 bridgehead atoms. The normalized spacial score (nSPS) is 11.0. The van der Waals surface area contributed by atoms with E-state index in [1.807, 2.05) is 18.2 Å². The molecule has 2 aromatic rings. The molecule has 0 spiro atoms. The van der Waals surface area contributed by atoms with Crippen molar-refractivity contribution in [2.24, 2.45) is 0 Å². The highest BCUT2D eigenvalue weighted by Crippen LogP contribution is 2.19. The molecule has 0 saturated carbocycles. The summed E-state index contributed by atoms with van der Waals surface area (Å²) in [5.74, 6) is 0. The van der Waals surface area contributed by atoms with Crippen LogP contribution in [0.1, 0.15) is 35.6 Å². The minimum absolute atomic E-state index is 0.0817. The van der Waals surface area contributed by atoms with Crippen LogP contribution in [0.3, 0.4) is 0 Å². The van der Waals surface area contributed by atoms with Crippen molar-refractivity contribution in [3.05, 3.63) is 70.8 Å². The van der Waals surface area contributed by atoms with E-state index in [9.17, 15) is 8.78 Å². The maximum absolute atomic E-state index is 12.6. The number of hydrogen-bond donors (Lipinski definition) is 1. The zero-order valence-corrected chi connectivity index (χ0v) is 11.6. The Kier molecular flexibility index (Phi) is 5.24. The summed E-state index contributed by atoms with van der Waals surface area (Å²) in [6, 6.07) is 14.8. The molecule has 2 rings (SSSR count). The number of nitrogens with one attached hydrogen (secondary N) is 1. The Morgan fingerprint density at radius 1 is 0.950 bits per heavy atom. The predicted molar refractivity (Wildman–Crippen MR) is 77.8 cm³/mol. The van der Waals surface area contributed by atoms with Crippen LogP contribution < -0.4 is 5.32 Å². The number of halogens is 2. The molecule has 3 heteroatoms. The first-order chi connectivity index (χ1) is 9.70. The lowest BCUT2D eigenvalue weighted by atomic mass is 10.1. The van der Waals surface area contributed by atoms with Gasteiger partial charge >= 0.3 is 0 Å². The third-order valence-corrected chi connectivity index (χ3v) is 3.35. The number of hydrogen-bond acceptors (Lipinski definition) is 1. The van der Waals surface area contributed by atoms with Crippen molar-refractivity contribution >= 4 is 0 Å². The first-order valence-electron chi connectivity index (χ1n) is 6.85. The number of aryl methyl sites for hydroxylation is 1. The molecule has 0 fully saturated rings. The van der Waals surface area contributed by atoms with E-state index in [-0.39, 0.29) is 5.56 Å². The van der Waals surface area contributed by atoms with E-state index < -0.39 is 6.43 Å². The molecule has 0 aliphatic heterocycles. The Morgan fingerprint density at radius 3 is 2.40 bits per heavy atom. The fourth-order valence-corrected chi connectivity index (χ4v) is 2.26. The maximum atomic E-state index is 12.6. The number of benzene rings is 2. The van der Waals surface area contributed by atoms with Crippen molar-refractivity contribution in [1.82, 2.24) is 5.32 Å². The first kappa shape index (κ1) is 14.7. The molecule has 20 heavy (non-hydrogen) atoms. The summed E-state index contributed by atoms with van der Waals surface area (Å²) in [7, 11) is 0. The maximum Gasteiger partial charge on any atom is 0.263 e. The SMILES string of the molecule is CCc1ccccc1CNCc1cccc(C(F)F)c1. The Morgan fingerprint density at radius 2 is 1.70 bits per heavy atom. The quantitative estimate of drug-likeness (QED) is 0.819. The van der Waals surface area contributed by atoms with Crippen molar-refractivity contribution < 1.29 is 8.78 Å². The van der Waals surface area contributed by atoms with Crippen molar-refractivity contribution in [1.29, 1.82) is 0 Å². The van der Waals surface area contributed by atoms with Crippen LogP contribution in [0.15, 0.2) is 48.5 Å². The van der Waals surface area contributed by atoms with Gasteiger partial charge in [0.15, 0.2) is 0 Å². The monoisotopic (exact) mass is 275 g/mol. The fraction of sp³-hybridized carbons (Fsp3) is 0.294. The zero-order chi connectivity index (χ0) is 14.4. The van der Waals surface area contributed by atoms with Gasteiger partial charge in [-0.2, -0.15) is 0 Å². The van der Waals surface area contributed by atoms with E-state index in [1.54, 1.807) is 12.1 Å². The topological polar surface area (TPSA) is 12.0 Å². The molecule has 0 aromatic heterocycles. The van der Waals surface area contributed by atoms with Crippen LogP contribution in [0, 0.1) is 0 Å². The molecule has 0 radical (unpaired) electrons. The van der Waals surface area contributed by atoms with Crippen molar-refractivity contribution in [3.8, 4) is 0 Å². The van der Waals surface area contributed by atoms with Gasteiger partial charge in [-0.15, -0.1) is 0 Å². The van der Waals surface area contributed by atoms with Crippen LogP contribution in [0.2, 0.25) is 0 Å². The minimum atomic E-state index is -2.41. The second-order valence-corrected chi connectivity index (χ2v) is 4.77. The number of alkyl halides is 2. The van der Waals surface area contributed by atoms with E-state index in [2.05, 4.69) is 24.4 Å². The van der Waals surface area contributed by atoms with Gasteiger partial charge in [0.05, 0.1) is 0 Å². The van der Waals surface area contributed by atoms with E-state index in [0.29, 0.717) is 6.54 Å². The molecule has 2 aromatic carbocycles. The second-order valence-electron chi connectivity index (χ2n) is 4.77. The lowest BCUT2D eigenvalue weighted by molar-refractivity contribution is 0.151. The lowest BCUT2D eigenvalue weighted by Gasteiger charge is -2.10. The zero-order valence-electron chi connectivity index (χ0n) is 11.6. The average molecular weight is 275 g/mol. The average Bonchev–Trinajstić information content (AvgIpc) is 2.48. The van der Waals surface area contributed by atoms with Crippen molar-refractivity contribution in [2.75, 3.05) is 0 Å². The summed E-state index contributed by atoms with van der Waals surface area (Å²) in [6.07, 6.45) is -1.41. The molecular formula is C17H19F2N. The molecule has 1 nitrogen and oxygen atoms in total. The van der Waals surface area contributed by atoms with Crippen LogP contribution in [0.25, 0.3) is 0 Å². The van der Waals surface area contributed by atoms with Crippen LogP contribution in [0.5, 0.6) is 0 Å². The van der Waals surface area contributed by atoms with Crippen LogP contribution in [-0.2, 0) is 19.5 Å². The highest BCUT2D eigenvalue weighted by atomic mass is 19.3. The third kappa shape index (κ3) is 3.87. The molecule has 0 atom stereocenters. The Labute approximate surface area is 118 Å². The lowest BCUT2D eigenvalue weighted by Crippen LogP contribution is -2.14. The molecule has 0 saturated heterocycles. The molecular weight excluding hydrogens is 256 g/mol. The van der Waals surface area contributed by atoms with Gasteiger partial charge < -0.3 is 5.32 Å². The van der Waals surface area contributed by atoms with Gasteiger partial charge in [0.2, 0.25) is 0 Å². The van der Waals surface area contributed by atoms with Gasteiger partial charge in [0.25, 0.3) is 6.43 Å². The largest absolute Gasteiger partial charge is 0.309 e. The highest BCUT2D eigenvalue weighted by molar-refractivity contribution is 5.27. The summed E-state index contributed by atoms with van der Waals surface area (Å²) >= 11 is 0. The summed E-state index contributed by atoms with van der Waals surface area (Å²) in [5, 5.41) is 3.31. The van der Waals surface area contributed by atoms with E-state index in [1.165, 1.54) is 17.2 Å². The minimum Gasteiger partial charge on any atom is -0.309 e. The fourth-order valence-electron chi connectivity index (χ4n) is 2.26. The Hall–Kier alpha value is -1.74. The van der Waals surface area contributed by atoms with Crippen LogP contribution in [-0.4, -0.2) is 0 Å². The van der Waals surface area contributed by atoms with Gasteiger partial charge in [-0.05, 0) is 29.2 Å². The first-order valence-corrected chi connectivity index (χ1v) is 6.85. The van der Waals surface area contributed by atoms with E-state index in [4.69, 9.17) is 0 Å². The van der Waals surface area contributed by atoms with Gasteiger partial charge in [0.1, 0.15) is 0 Å². The van der Waals surface area contributed by atoms with Crippen molar-refractivity contribution in [2.45, 2.75) is 32.9 Å². The summed E-state index contributed by atoms with van der Waals surface area (Å²) in [4.78, 5) is 0. The van der Waals surface area contributed by atoms with Gasteiger partial charge in [-0.25, -0.2) is 8.78 Å². The van der Waals surface area contributed by atoms with Crippen LogP contribution in [0.4, 0.5) is 8.78 Å². The molecule has 106 valence electrons. The predicted octanol–water partition coefficient (Wildman–Crippen LogP) is 4.48. The van der Waals surface area contributed by atoms with E-state index in [0.717, 1.165) is 18.5 Å². The van der Waals surface area contributed by atoms with Crippen LogP contribution >= 0.6 is 0 Å². The molecule has 0 amide bonds. The standard InChI is InChI=1S/C17H19F2N/c1-2-14-7-3-4-8-16(14)12-20-11-13-6-5-9-15(10-13)17(18)19/h3-10,17,20H,2,11-12H2,1H3. The molecule has 0 aliphatic rings. The van der Waals surface area contributed by atoms with Crippen molar-refractivity contribution in [3.63, 3.8) is 0 Å². The summed E-state index contributed by atoms with van der Waals surface area (Å²) in [6.45, 7) is 3.48. The smallest absolute Gasteiger partial charge is 0.263 e. The summed E-state index contributed by atoms with van der Waals surface area (Å²) in [5.41, 5.74) is 3.55. The summed E-state index contributed by atoms with van der Waals surface area (Å²) < 4.78 is 25.2. The van der Waals surface area contributed by atoms with E-state index >= 15 is 0 Å². The molecule has 0 unspecified atom stereocenters. The molecule has 0 heterocycles. The molecule has 1 N–H and O–H groups in total. The molecule has 0 aliphatic carbocycles. The van der Waals surface area contributed by atoms with Gasteiger partial charge in [-0.3, -0.25) is 0 Å². The van der Waals surface area contributed by atoms with Gasteiger partial charge in [0, 0.05) is 18.7 Å². The highest BCUT2D eigenvalue weighted by Gasteiger charge is 2.06. The Balaban J connectivity index is 1.94.